The van der Waals surface area contributed by atoms with Gasteiger partial charge in [-0.1, -0.05) is 13.3 Å². The van der Waals surface area contributed by atoms with E-state index in [-0.39, 0.29) is 6.04 Å². The summed E-state index contributed by atoms with van der Waals surface area (Å²) in [6.07, 6.45) is 2.00. The molecule has 0 spiro atoms. The number of carbonyl (C=O) groups is 1. The average Bonchev–Trinajstić information content (AvgIpc) is 2.45. The molecule has 1 aliphatic rings. The predicted molar refractivity (Wildman–Crippen MR) is 37.9 cm³/mol. The summed E-state index contributed by atoms with van der Waals surface area (Å²) in [5, 5.41) is 11.6. The summed E-state index contributed by atoms with van der Waals surface area (Å²) in [4.78, 5) is 10.5. The van der Waals surface area contributed by atoms with E-state index in [0.717, 1.165) is 12.8 Å². The second kappa shape index (κ2) is 2.23. The number of rotatable bonds is 3. The van der Waals surface area contributed by atoms with Gasteiger partial charge >= 0.3 is 5.97 Å². The maximum atomic E-state index is 10.5. The summed E-state index contributed by atoms with van der Waals surface area (Å²) >= 11 is 0. The topological polar surface area (TPSA) is 59.2 Å². The Morgan fingerprint density at radius 2 is 2.40 bits per heavy atom. The summed E-state index contributed by atoms with van der Waals surface area (Å²) in [5.74, 6) is -0.731. The molecule has 3 heteroatoms. The molecule has 0 radical (unpaired) electrons. The van der Waals surface area contributed by atoms with Gasteiger partial charge in [0.25, 0.3) is 0 Å². The standard InChI is InChI=1S/C7H13NO2/c1-3-4-5-7(2,8-5)6(9)10/h5,8H,3-4H2,1-2H3,(H,9,10)/t5?,7-/m0/s1. The van der Waals surface area contributed by atoms with Gasteiger partial charge in [0, 0.05) is 6.04 Å². The van der Waals surface area contributed by atoms with E-state index >= 15 is 0 Å². The molecule has 1 unspecified atom stereocenters. The normalized spacial score (nSPS) is 37.6. The number of hydrogen-bond donors (Lipinski definition) is 2. The van der Waals surface area contributed by atoms with Crippen molar-refractivity contribution in [3.05, 3.63) is 0 Å². The van der Waals surface area contributed by atoms with Gasteiger partial charge in [-0.2, -0.15) is 0 Å². The van der Waals surface area contributed by atoms with Gasteiger partial charge in [0.1, 0.15) is 5.54 Å². The molecule has 2 atom stereocenters. The molecule has 1 heterocycles. The molecule has 1 rings (SSSR count). The minimum Gasteiger partial charge on any atom is -0.480 e. The molecule has 1 saturated heterocycles. The van der Waals surface area contributed by atoms with E-state index in [1.807, 2.05) is 0 Å². The minimum atomic E-state index is -0.731. The van der Waals surface area contributed by atoms with Crippen molar-refractivity contribution in [2.24, 2.45) is 0 Å². The molecule has 1 fully saturated rings. The van der Waals surface area contributed by atoms with Crippen LogP contribution in [-0.4, -0.2) is 22.7 Å². The van der Waals surface area contributed by atoms with E-state index in [2.05, 4.69) is 12.2 Å². The fourth-order valence-corrected chi connectivity index (χ4v) is 1.18. The summed E-state index contributed by atoms with van der Waals surface area (Å²) < 4.78 is 0. The molecular formula is C7H13NO2. The Morgan fingerprint density at radius 1 is 1.80 bits per heavy atom. The Hall–Kier alpha value is -0.570. The molecule has 2 N–H and O–H groups in total. The number of carboxylic acids is 1. The van der Waals surface area contributed by atoms with E-state index in [0.29, 0.717) is 0 Å². The van der Waals surface area contributed by atoms with Crippen LogP contribution in [0.5, 0.6) is 0 Å². The van der Waals surface area contributed by atoms with Crippen molar-refractivity contribution in [1.29, 1.82) is 0 Å². The Labute approximate surface area is 60.4 Å². The van der Waals surface area contributed by atoms with Crippen LogP contribution in [0.15, 0.2) is 0 Å². The van der Waals surface area contributed by atoms with Crippen LogP contribution in [0.3, 0.4) is 0 Å². The molecule has 0 aromatic heterocycles. The molecule has 0 amide bonds. The highest BCUT2D eigenvalue weighted by Gasteiger charge is 2.55. The first kappa shape index (κ1) is 7.54. The number of carboxylic acid groups (broad SMARTS) is 1. The zero-order chi connectivity index (χ0) is 7.78. The number of nitrogens with one attached hydrogen (secondary N) is 1. The van der Waals surface area contributed by atoms with Gasteiger partial charge in [-0.3, -0.25) is 10.1 Å². The second-order valence-electron chi connectivity index (χ2n) is 2.99. The fraction of sp³-hybridized carbons (Fsp3) is 0.857. The van der Waals surface area contributed by atoms with Crippen LogP contribution in [0, 0.1) is 0 Å². The van der Waals surface area contributed by atoms with Crippen LogP contribution in [0.2, 0.25) is 0 Å². The first-order valence-electron chi connectivity index (χ1n) is 3.62. The van der Waals surface area contributed by atoms with Gasteiger partial charge in [0.2, 0.25) is 0 Å². The largest absolute Gasteiger partial charge is 0.480 e. The molecule has 0 saturated carbocycles. The number of aliphatic carboxylic acids is 1. The van der Waals surface area contributed by atoms with Crippen LogP contribution in [-0.2, 0) is 4.79 Å². The lowest BCUT2D eigenvalue weighted by molar-refractivity contribution is -0.139. The van der Waals surface area contributed by atoms with Gasteiger partial charge in [-0.05, 0) is 13.3 Å². The molecule has 0 aromatic rings. The van der Waals surface area contributed by atoms with Gasteiger partial charge in [0.05, 0.1) is 0 Å². The molecule has 0 aliphatic carbocycles. The van der Waals surface area contributed by atoms with E-state index in [9.17, 15) is 4.79 Å². The van der Waals surface area contributed by atoms with Crippen molar-refractivity contribution in [2.45, 2.75) is 38.3 Å². The van der Waals surface area contributed by atoms with Gasteiger partial charge in [-0.15, -0.1) is 0 Å². The molecular weight excluding hydrogens is 130 g/mol. The van der Waals surface area contributed by atoms with Gasteiger partial charge in [-0.25, -0.2) is 0 Å². The molecule has 0 aromatic carbocycles. The molecule has 3 nitrogen and oxygen atoms in total. The first-order valence-corrected chi connectivity index (χ1v) is 3.62. The second-order valence-corrected chi connectivity index (χ2v) is 2.99. The fourth-order valence-electron chi connectivity index (χ4n) is 1.18. The van der Waals surface area contributed by atoms with Crippen molar-refractivity contribution < 1.29 is 9.90 Å². The van der Waals surface area contributed by atoms with Crippen molar-refractivity contribution >= 4 is 5.97 Å². The van der Waals surface area contributed by atoms with E-state index in [1.54, 1.807) is 6.92 Å². The number of hydrogen-bond acceptors (Lipinski definition) is 2. The average molecular weight is 143 g/mol. The minimum absolute atomic E-state index is 0.204. The zero-order valence-corrected chi connectivity index (χ0v) is 6.35. The molecule has 58 valence electrons. The van der Waals surface area contributed by atoms with E-state index < -0.39 is 11.5 Å². The van der Waals surface area contributed by atoms with Crippen molar-refractivity contribution in [1.82, 2.24) is 5.32 Å². The predicted octanol–water partition coefficient (Wildman–Crippen LogP) is 0.602. The lowest BCUT2D eigenvalue weighted by atomic mass is 10.1. The molecule has 1 aliphatic heterocycles. The van der Waals surface area contributed by atoms with E-state index in [4.69, 9.17) is 5.11 Å². The van der Waals surface area contributed by atoms with Crippen molar-refractivity contribution in [3.63, 3.8) is 0 Å². The van der Waals surface area contributed by atoms with Crippen molar-refractivity contribution in [3.8, 4) is 0 Å². The smallest absolute Gasteiger partial charge is 0.325 e. The summed E-state index contributed by atoms with van der Waals surface area (Å²) in [5.41, 5.74) is -0.615. The van der Waals surface area contributed by atoms with E-state index in [1.165, 1.54) is 0 Å². The van der Waals surface area contributed by atoms with Gasteiger partial charge in [0.15, 0.2) is 0 Å². The Balaban J connectivity index is 2.40. The van der Waals surface area contributed by atoms with Crippen LogP contribution in [0.1, 0.15) is 26.7 Å². The highest BCUT2D eigenvalue weighted by atomic mass is 16.4. The summed E-state index contributed by atoms with van der Waals surface area (Å²) in [6, 6.07) is 0.204. The highest BCUT2D eigenvalue weighted by molar-refractivity contribution is 5.83. The monoisotopic (exact) mass is 143 g/mol. The lowest BCUT2D eigenvalue weighted by Crippen LogP contribution is -2.24. The Kier molecular flexibility index (Phi) is 1.68. The van der Waals surface area contributed by atoms with Crippen LogP contribution in [0.4, 0.5) is 0 Å². The SMILES string of the molecule is CCCC1N[C@]1(C)C(=O)O. The van der Waals surface area contributed by atoms with Crippen LogP contribution < -0.4 is 5.32 Å². The maximum Gasteiger partial charge on any atom is 0.325 e. The summed E-state index contributed by atoms with van der Waals surface area (Å²) in [6.45, 7) is 3.79. The third-order valence-corrected chi connectivity index (χ3v) is 2.11. The first-order chi connectivity index (χ1) is 4.61. The third-order valence-electron chi connectivity index (χ3n) is 2.11. The molecule has 0 bridgehead atoms. The highest BCUT2D eigenvalue weighted by Crippen LogP contribution is 2.29. The quantitative estimate of drug-likeness (QED) is 0.569. The zero-order valence-electron chi connectivity index (χ0n) is 6.35. The Morgan fingerprint density at radius 3 is 2.70 bits per heavy atom. The Bertz CT molecular complexity index is 158. The van der Waals surface area contributed by atoms with Crippen LogP contribution in [0.25, 0.3) is 0 Å². The van der Waals surface area contributed by atoms with Gasteiger partial charge < -0.3 is 5.11 Å². The third kappa shape index (κ3) is 1.01. The summed E-state index contributed by atoms with van der Waals surface area (Å²) in [7, 11) is 0. The van der Waals surface area contributed by atoms with Crippen LogP contribution >= 0.6 is 0 Å². The molecule has 10 heavy (non-hydrogen) atoms. The maximum absolute atomic E-state index is 10.5. The lowest BCUT2D eigenvalue weighted by Gasteiger charge is -1.98. The van der Waals surface area contributed by atoms with Crippen molar-refractivity contribution in [2.75, 3.05) is 0 Å².